The Kier molecular flexibility index (Phi) is 1.00. The Morgan fingerprint density at radius 1 is 1.20 bits per heavy atom. The minimum absolute atomic E-state index is 0.633. The quantitative estimate of drug-likeness (QED) is 0.488. The van der Waals surface area contributed by atoms with Gasteiger partial charge in [-0.2, -0.15) is 0 Å². The fourth-order valence-electron chi connectivity index (χ4n) is 0.623. The van der Waals surface area contributed by atoms with Crippen molar-refractivity contribution in [3.63, 3.8) is 0 Å². The Morgan fingerprint density at radius 3 is 3.10 bits per heavy atom. The molecule has 0 saturated carbocycles. The maximum absolute atomic E-state index is 3.78. The van der Waals surface area contributed by atoms with Crippen LogP contribution in [0.4, 0.5) is 0 Å². The number of hydrogen-bond acceptors (Lipinski definition) is 5. The molecule has 0 aliphatic heterocycles. The van der Waals surface area contributed by atoms with Gasteiger partial charge >= 0.3 is 0 Å². The third-order valence-corrected chi connectivity index (χ3v) is 1.06. The highest BCUT2D eigenvalue weighted by Crippen LogP contribution is 1.98. The van der Waals surface area contributed by atoms with E-state index >= 15 is 0 Å². The van der Waals surface area contributed by atoms with Crippen LogP contribution in [0, 0.1) is 6.33 Å². The fraction of sp³-hybridized carbons (Fsp3) is 0. The predicted molar refractivity (Wildman–Crippen MR) is 31.8 cm³/mol. The molecule has 1 radical (unpaired) electrons. The number of fused-ring (bicyclic) bond motifs is 1. The molecule has 0 aliphatic rings. The van der Waals surface area contributed by atoms with Gasteiger partial charge < -0.3 is 0 Å². The summed E-state index contributed by atoms with van der Waals surface area (Å²) in [7, 11) is 0. The van der Waals surface area contributed by atoms with Gasteiger partial charge in [-0.15, -0.1) is 10.2 Å². The van der Waals surface area contributed by atoms with Crippen molar-refractivity contribution in [1.29, 1.82) is 0 Å². The Bertz CT molecular complexity index is 281. The summed E-state index contributed by atoms with van der Waals surface area (Å²) in [6.45, 7) is 0. The molecule has 0 unspecified atom stereocenters. The van der Waals surface area contributed by atoms with E-state index < -0.39 is 0 Å². The number of nitrogens with zero attached hydrogens (tertiary/aromatic N) is 5. The molecule has 0 fully saturated rings. The van der Waals surface area contributed by atoms with Crippen molar-refractivity contribution >= 4 is 11.0 Å². The maximum Gasteiger partial charge on any atom is 0.198 e. The van der Waals surface area contributed by atoms with E-state index in [1.165, 1.54) is 12.4 Å². The SMILES string of the molecule is [c]1ncc2nnncc2n1. The fourth-order valence-corrected chi connectivity index (χ4v) is 0.623. The zero-order valence-corrected chi connectivity index (χ0v) is 4.89. The molecule has 2 heterocycles. The molecule has 0 N–H and O–H groups in total. The molecule has 47 valence electrons. The zero-order chi connectivity index (χ0) is 6.81. The maximum atomic E-state index is 3.78. The summed E-state index contributed by atoms with van der Waals surface area (Å²) in [5.74, 6) is 0. The summed E-state index contributed by atoms with van der Waals surface area (Å²) in [5, 5.41) is 10.6. The molecule has 5 nitrogen and oxygen atoms in total. The average Bonchev–Trinajstić information content (AvgIpc) is 2.05. The molecule has 0 bridgehead atoms. The number of aromatic nitrogens is 5. The second-order valence-corrected chi connectivity index (χ2v) is 1.67. The lowest BCUT2D eigenvalue weighted by Gasteiger charge is -1.87. The smallest absolute Gasteiger partial charge is 0.198 e. The first-order chi connectivity index (χ1) is 4.97. The second-order valence-electron chi connectivity index (χ2n) is 1.67. The lowest BCUT2D eigenvalue weighted by atomic mass is 10.5. The van der Waals surface area contributed by atoms with Crippen molar-refractivity contribution in [2.75, 3.05) is 0 Å². The topological polar surface area (TPSA) is 64.5 Å². The Balaban J connectivity index is 2.89. The van der Waals surface area contributed by atoms with Gasteiger partial charge in [-0.05, 0) is 5.21 Å². The van der Waals surface area contributed by atoms with Gasteiger partial charge in [0.2, 0.25) is 0 Å². The zero-order valence-electron chi connectivity index (χ0n) is 4.89. The van der Waals surface area contributed by atoms with Crippen LogP contribution < -0.4 is 0 Å². The summed E-state index contributed by atoms with van der Waals surface area (Å²) in [6.07, 6.45) is 5.48. The van der Waals surface area contributed by atoms with Gasteiger partial charge in [0, 0.05) is 0 Å². The van der Waals surface area contributed by atoms with Crippen LogP contribution in [0.25, 0.3) is 11.0 Å². The average molecular weight is 132 g/mol. The summed E-state index contributed by atoms with van der Waals surface area (Å²) in [6, 6.07) is 0. The van der Waals surface area contributed by atoms with E-state index in [1.54, 1.807) is 0 Å². The monoisotopic (exact) mass is 132 g/mol. The lowest BCUT2D eigenvalue weighted by molar-refractivity contribution is 0.887. The van der Waals surface area contributed by atoms with Gasteiger partial charge in [-0.1, -0.05) is 0 Å². The van der Waals surface area contributed by atoms with E-state index in [0.717, 1.165) is 0 Å². The molecular weight excluding hydrogens is 130 g/mol. The van der Waals surface area contributed by atoms with Crippen LogP contribution >= 0.6 is 0 Å². The third kappa shape index (κ3) is 0.680. The van der Waals surface area contributed by atoms with Crippen LogP contribution in [0.3, 0.4) is 0 Å². The van der Waals surface area contributed by atoms with Crippen LogP contribution in [0.1, 0.15) is 0 Å². The lowest BCUT2D eigenvalue weighted by Crippen LogP contribution is -1.89. The largest absolute Gasteiger partial charge is 0.231 e. The van der Waals surface area contributed by atoms with E-state index in [-0.39, 0.29) is 0 Å². The van der Waals surface area contributed by atoms with E-state index in [4.69, 9.17) is 0 Å². The molecule has 2 aromatic rings. The molecule has 0 atom stereocenters. The Morgan fingerprint density at radius 2 is 2.20 bits per heavy atom. The second kappa shape index (κ2) is 1.94. The molecule has 0 saturated heterocycles. The van der Waals surface area contributed by atoms with Crippen molar-refractivity contribution in [2.24, 2.45) is 0 Å². The molecule has 2 rings (SSSR count). The first kappa shape index (κ1) is 5.16. The first-order valence-electron chi connectivity index (χ1n) is 2.64. The summed E-state index contributed by atoms with van der Waals surface area (Å²) >= 11 is 0. The summed E-state index contributed by atoms with van der Waals surface area (Å²) in [5.41, 5.74) is 1.29. The first-order valence-corrected chi connectivity index (χ1v) is 2.64. The molecule has 10 heavy (non-hydrogen) atoms. The predicted octanol–water partition coefficient (Wildman–Crippen LogP) is -0.385. The van der Waals surface area contributed by atoms with Crippen LogP contribution in [0.2, 0.25) is 0 Å². The third-order valence-electron chi connectivity index (χ3n) is 1.06. The Hall–Kier alpha value is -1.65. The van der Waals surface area contributed by atoms with Gasteiger partial charge in [0.15, 0.2) is 6.33 Å². The highest BCUT2D eigenvalue weighted by molar-refractivity contribution is 5.69. The molecule has 0 aliphatic carbocycles. The van der Waals surface area contributed by atoms with E-state index in [1.807, 2.05) is 0 Å². The van der Waals surface area contributed by atoms with Gasteiger partial charge in [0.25, 0.3) is 0 Å². The van der Waals surface area contributed by atoms with Crippen LogP contribution in [-0.4, -0.2) is 25.4 Å². The van der Waals surface area contributed by atoms with Gasteiger partial charge in [0.1, 0.15) is 11.0 Å². The standard InChI is InChI=1S/C5H2N5/c1-5-4(7-3-6-1)2-8-10-9-5/h1-2H. The van der Waals surface area contributed by atoms with Crippen molar-refractivity contribution < 1.29 is 0 Å². The van der Waals surface area contributed by atoms with Gasteiger partial charge in [0.05, 0.1) is 12.4 Å². The minimum Gasteiger partial charge on any atom is -0.231 e. The highest BCUT2D eigenvalue weighted by atomic mass is 15.3. The molecule has 0 spiro atoms. The molecule has 2 aromatic heterocycles. The summed E-state index contributed by atoms with van der Waals surface area (Å²) in [4.78, 5) is 7.43. The van der Waals surface area contributed by atoms with Crippen LogP contribution in [0.5, 0.6) is 0 Å². The summed E-state index contributed by atoms with van der Waals surface area (Å²) < 4.78 is 0. The Labute approximate surface area is 56.1 Å². The van der Waals surface area contributed by atoms with E-state index in [0.29, 0.717) is 11.0 Å². The molecule has 0 amide bonds. The van der Waals surface area contributed by atoms with E-state index in [2.05, 4.69) is 31.7 Å². The number of hydrogen-bond donors (Lipinski definition) is 0. The highest BCUT2D eigenvalue weighted by Gasteiger charge is 1.92. The van der Waals surface area contributed by atoms with Gasteiger partial charge in [-0.3, -0.25) is 0 Å². The van der Waals surface area contributed by atoms with Crippen molar-refractivity contribution in [3.8, 4) is 0 Å². The van der Waals surface area contributed by atoms with Crippen molar-refractivity contribution in [3.05, 3.63) is 18.7 Å². The molecule has 0 aromatic carbocycles. The van der Waals surface area contributed by atoms with Crippen LogP contribution in [0.15, 0.2) is 12.4 Å². The van der Waals surface area contributed by atoms with Crippen molar-refractivity contribution in [2.45, 2.75) is 0 Å². The molecular formula is C5H2N5. The molecule has 5 heteroatoms. The minimum atomic E-state index is 0.633. The van der Waals surface area contributed by atoms with Crippen molar-refractivity contribution in [1.82, 2.24) is 25.4 Å². The number of rotatable bonds is 0. The normalized spacial score (nSPS) is 10.0. The van der Waals surface area contributed by atoms with Gasteiger partial charge in [-0.25, -0.2) is 9.97 Å². The van der Waals surface area contributed by atoms with E-state index in [9.17, 15) is 0 Å². The van der Waals surface area contributed by atoms with Crippen LogP contribution in [-0.2, 0) is 0 Å².